The van der Waals surface area contributed by atoms with Crippen LogP contribution in [0.1, 0.15) is 5.69 Å². The zero-order valence-electron chi connectivity index (χ0n) is 10.2. The van der Waals surface area contributed by atoms with E-state index < -0.39 is 0 Å². The van der Waals surface area contributed by atoms with Crippen LogP contribution in [-0.4, -0.2) is 10.2 Å². The Balaban J connectivity index is 2.05. The molecule has 88 valence electrons. The van der Waals surface area contributed by atoms with Crippen LogP contribution in [0.3, 0.4) is 0 Å². The van der Waals surface area contributed by atoms with E-state index in [2.05, 4.69) is 64.8 Å². The molecule has 1 aromatic heterocycles. The number of rotatable bonds is 2. The van der Waals surface area contributed by atoms with Crippen molar-refractivity contribution in [2.24, 2.45) is 0 Å². The maximum absolute atomic E-state index is 4.30. The number of aromatic nitrogens is 2. The fraction of sp³-hybridized carbons (Fsp3) is 0.0625. The third-order valence-electron chi connectivity index (χ3n) is 2.97. The summed E-state index contributed by atoms with van der Waals surface area (Å²) in [6, 6.07) is 20.9. The number of H-pyrrole nitrogens is 1. The van der Waals surface area contributed by atoms with Gasteiger partial charge in [0, 0.05) is 11.3 Å². The van der Waals surface area contributed by atoms with E-state index in [-0.39, 0.29) is 0 Å². The van der Waals surface area contributed by atoms with Crippen molar-refractivity contribution in [3.05, 3.63) is 66.4 Å². The van der Waals surface area contributed by atoms with Crippen LogP contribution in [-0.2, 0) is 0 Å². The molecule has 1 N–H and O–H groups in total. The van der Waals surface area contributed by atoms with E-state index in [0.29, 0.717) is 0 Å². The Morgan fingerprint density at radius 2 is 1.50 bits per heavy atom. The number of benzene rings is 2. The highest BCUT2D eigenvalue weighted by atomic mass is 15.1. The van der Waals surface area contributed by atoms with Crippen molar-refractivity contribution in [1.29, 1.82) is 0 Å². The Morgan fingerprint density at radius 1 is 0.778 bits per heavy atom. The number of nitrogens with zero attached hydrogens (tertiary/aromatic N) is 1. The molecule has 0 aliphatic rings. The minimum Gasteiger partial charge on any atom is -0.282 e. The van der Waals surface area contributed by atoms with Crippen molar-refractivity contribution in [1.82, 2.24) is 10.2 Å². The van der Waals surface area contributed by atoms with E-state index in [0.717, 1.165) is 17.0 Å². The SMILES string of the molecule is Cc1cc(-c2cccc(-c3ccccc3)c2)n[nH]1. The molecule has 0 saturated heterocycles. The highest BCUT2D eigenvalue weighted by Gasteiger charge is 2.03. The van der Waals surface area contributed by atoms with Crippen molar-refractivity contribution in [2.45, 2.75) is 6.92 Å². The molecule has 1 heterocycles. The number of hydrogen-bond acceptors (Lipinski definition) is 1. The van der Waals surface area contributed by atoms with Crippen LogP contribution in [0.5, 0.6) is 0 Å². The lowest BCUT2D eigenvalue weighted by molar-refractivity contribution is 1.05. The highest BCUT2D eigenvalue weighted by molar-refractivity contribution is 5.71. The molecule has 2 nitrogen and oxygen atoms in total. The molecule has 18 heavy (non-hydrogen) atoms. The Morgan fingerprint density at radius 3 is 2.22 bits per heavy atom. The second kappa shape index (κ2) is 4.49. The predicted octanol–water partition coefficient (Wildman–Crippen LogP) is 4.05. The summed E-state index contributed by atoms with van der Waals surface area (Å²) in [5.41, 5.74) is 5.65. The molecule has 3 aromatic rings. The first kappa shape index (κ1) is 10.8. The van der Waals surface area contributed by atoms with E-state index in [9.17, 15) is 0 Å². The molecule has 0 radical (unpaired) electrons. The molecular weight excluding hydrogens is 220 g/mol. The monoisotopic (exact) mass is 234 g/mol. The van der Waals surface area contributed by atoms with Gasteiger partial charge in [-0.05, 0) is 30.2 Å². The summed E-state index contributed by atoms with van der Waals surface area (Å²) < 4.78 is 0. The Bertz CT molecular complexity index is 654. The van der Waals surface area contributed by atoms with Gasteiger partial charge in [-0.1, -0.05) is 48.5 Å². The zero-order valence-corrected chi connectivity index (χ0v) is 10.2. The maximum Gasteiger partial charge on any atom is 0.0923 e. The minimum atomic E-state index is 0.991. The van der Waals surface area contributed by atoms with Crippen molar-refractivity contribution >= 4 is 0 Å². The van der Waals surface area contributed by atoms with Gasteiger partial charge in [-0.2, -0.15) is 5.10 Å². The second-order valence-electron chi connectivity index (χ2n) is 4.38. The quantitative estimate of drug-likeness (QED) is 0.712. The molecular formula is C16H14N2. The summed E-state index contributed by atoms with van der Waals surface area (Å²) in [6.07, 6.45) is 0. The van der Waals surface area contributed by atoms with Crippen LogP contribution in [0.4, 0.5) is 0 Å². The Kier molecular flexibility index (Phi) is 2.69. The molecule has 3 rings (SSSR count). The van der Waals surface area contributed by atoms with Crippen molar-refractivity contribution in [2.75, 3.05) is 0 Å². The fourth-order valence-corrected chi connectivity index (χ4v) is 2.05. The number of aryl methyl sites for hydroxylation is 1. The van der Waals surface area contributed by atoms with Crippen molar-refractivity contribution < 1.29 is 0 Å². The molecule has 0 amide bonds. The molecule has 2 heteroatoms. The maximum atomic E-state index is 4.30. The van der Waals surface area contributed by atoms with E-state index in [1.54, 1.807) is 0 Å². The van der Waals surface area contributed by atoms with E-state index in [1.165, 1.54) is 11.1 Å². The molecule has 0 atom stereocenters. The summed E-state index contributed by atoms with van der Waals surface area (Å²) >= 11 is 0. The normalized spacial score (nSPS) is 10.5. The lowest BCUT2D eigenvalue weighted by Crippen LogP contribution is -1.81. The summed E-state index contributed by atoms with van der Waals surface area (Å²) in [5.74, 6) is 0. The average molecular weight is 234 g/mol. The first-order chi connectivity index (χ1) is 8.83. The lowest BCUT2D eigenvalue weighted by atomic mass is 10.0. The van der Waals surface area contributed by atoms with E-state index >= 15 is 0 Å². The van der Waals surface area contributed by atoms with Crippen LogP contribution in [0.2, 0.25) is 0 Å². The second-order valence-corrected chi connectivity index (χ2v) is 4.38. The van der Waals surface area contributed by atoms with Gasteiger partial charge in [0.1, 0.15) is 0 Å². The van der Waals surface area contributed by atoms with Crippen LogP contribution >= 0.6 is 0 Å². The molecule has 0 spiro atoms. The van der Waals surface area contributed by atoms with Gasteiger partial charge in [-0.25, -0.2) is 0 Å². The van der Waals surface area contributed by atoms with Gasteiger partial charge in [-0.15, -0.1) is 0 Å². The minimum absolute atomic E-state index is 0.991. The van der Waals surface area contributed by atoms with Gasteiger partial charge in [0.25, 0.3) is 0 Å². The summed E-state index contributed by atoms with van der Waals surface area (Å²) in [5, 5.41) is 7.27. The van der Waals surface area contributed by atoms with Crippen molar-refractivity contribution in [3.63, 3.8) is 0 Å². The van der Waals surface area contributed by atoms with Gasteiger partial charge in [-0.3, -0.25) is 5.10 Å². The molecule has 0 fully saturated rings. The van der Waals surface area contributed by atoms with Gasteiger partial charge in [0.15, 0.2) is 0 Å². The number of aromatic amines is 1. The van der Waals surface area contributed by atoms with Gasteiger partial charge in [0.2, 0.25) is 0 Å². The molecule has 0 saturated carbocycles. The first-order valence-corrected chi connectivity index (χ1v) is 6.01. The Labute approximate surface area is 106 Å². The first-order valence-electron chi connectivity index (χ1n) is 6.01. The Hall–Kier alpha value is -2.35. The third kappa shape index (κ3) is 2.05. The van der Waals surface area contributed by atoms with Crippen LogP contribution in [0.15, 0.2) is 60.7 Å². The smallest absolute Gasteiger partial charge is 0.0923 e. The summed E-state index contributed by atoms with van der Waals surface area (Å²) in [4.78, 5) is 0. The van der Waals surface area contributed by atoms with Gasteiger partial charge >= 0.3 is 0 Å². The highest BCUT2D eigenvalue weighted by Crippen LogP contribution is 2.25. The van der Waals surface area contributed by atoms with Crippen LogP contribution in [0.25, 0.3) is 22.4 Å². The topological polar surface area (TPSA) is 28.7 Å². The van der Waals surface area contributed by atoms with Gasteiger partial charge in [0.05, 0.1) is 5.69 Å². The lowest BCUT2D eigenvalue weighted by Gasteiger charge is -2.03. The van der Waals surface area contributed by atoms with Crippen molar-refractivity contribution in [3.8, 4) is 22.4 Å². The van der Waals surface area contributed by atoms with E-state index in [1.807, 2.05) is 13.0 Å². The largest absolute Gasteiger partial charge is 0.282 e. The number of hydrogen-bond donors (Lipinski definition) is 1. The summed E-state index contributed by atoms with van der Waals surface area (Å²) in [6.45, 7) is 2.01. The fourth-order valence-electron chi connectivity index (χ4n) is 2.05. The summed E-state index contributed by atoms with van der Waals surface area (Å²) in [7, 11) is 0. The number of nitrogens with one attached hydrogen (secondary N) is 1. The molecule has 0 bridgehead atoms. The molecule has 0 unspecified atom stereocenters. The third-order valence-corrected chi connectivity index (χ3v) is 2.97. The van der Waals surface area contributed by atoms with E-state index in [4.69, 9.17) is 0 Å². The van der Waals surface area contributed by atoms with Crippen LogP contribution < -0.4 is 0 Å². The molecule has 0 aliphatic heterocycles. The molecule has 2 aromatic carbocycles. The average Bonchev–Trinajstić information content (AvgIpc) is 2.87. The zero-order chi connectivity index (χ0) is 12.4. The van der Waals surface area contributed by atoms with Crippen LogP contribution in [0, 0.1) is 6.92 Å². The molecule has 0 aliphatic carbocycles. The predicted molar refractivity (Wildman–Crippen MR) is 74.2 cm³/mol. The van der Waals surface area contributed by atoms with Gasteiger partial charge < -0.3 is 0 Å². The standard InChI is InChI=1S/C16H14N2/c1-12-10-16(18-17-12)15-9-5-8-14(11-15)13-6-3-2-4-7-13/h2-11H,1H3,(H,17,18).